The Hall–Kier alpha value is -2.66. The first-order valence-electron chi connectivity index (χ1n) is 8.62. The zero-order valence-electron chi connectivity index (χ0n) is 15.3. The number of esters is 1. The molecular formula is C18H22N2O8. The molecule has 10 heteroatoms. The van der Waals surface area contributed by atoms with E-state index in [1.165, 1.54) is 14.0 Å². The summed E-state index contributed by atoms with van der Waals surface area (Å²) in [6, 6.07) is 5.80. The normalized spacial score (nSPS) is 27.4. The number of para-hydroxylation sites is 1. The van der Waals surface area contributed by atoms with Crippen molar-refractivity contribution in [3.63, 3.8) is 0 Å². The quantitative estimate of drug-likeness (QED) is 0.417. The summed E-state index contributed by atoms with van der Waals surface area (Å²) in [6.45, 7) is 0.655. The molecule has 1 aromatic carbocycles. The maximum Gasteiger partial charge on any atom is 0.358 e. The van der Waals surface area contributed by atoms with Gasteiger partial charge < -0.3 is 39.8 Å². The van der Waals surface area contributed by atoms with Gasteiger partial charge in [0.05, 0.1) is 13.7 Å². The number of methoxy groups -OCH3 is 1. The molecule has 28 heavy (non-hydrogen) atoms. The number of aromatic amines is 1. The zero-order valence-corrected chi connectivity index (χ0v) is 15.3. The lowest BCUT2D eigenvalue weighted by atomic mass is 9.97. The first kappa shape index (κ1) is 20.1. The Morgan fingerprint density at radius 1 is 1.25 bits per heavy atom. The molecule has 5 N–H and O–H groups in total. The molecule has 0 radical (unpaired) electrons. The predicted octanol–water partition coefficient (Wildman–Crippen LogP) is -0.723. The van der Waals surface area contributed by atoms with Crippen molar-refractivity contribution in [3.8, 4) is 5.75 Å². The van der Waals surface area contributed by atoms with Gasteiger partial charge in [-0.3, -0.25) is 4.79 Å². The number of hydrogen-bond donors (Lipinski definition) is 5. The molecule has 2 heterocycles. The highest BCUT2D eigenvalue weighted by atomic mass is 16.7. The average molecular weight is 394 g/mol. The van der Waals surface area contributed by atoms with Gasteiger partial charge >= 0.3 is 5.97 Å². The standard InChI is InChI=1S/C18H22N2O8/c1-8(22)19-12-15(24)14(23)11(7-21)27-18(12)28-16-9-5-3-4-6-10(9)20-13(16)17(25)26-2/h3-6,11-12,14-15,18,20-21,23-24H,7H2,1-2H3,(H,19,22)/t11?,12-,14-,15?,18?/m1/s1. The summed E-state index contributed by atoms with van der Waals surface area (Å²) in [4.78, 5) is 26.6. The number of aliphatic hydroxyl groups excluding tert-OH is 3. The number of aliphatic hydroxyl groups is 3. The molecule has 0 spiro atoms. The molecule has 10 nitrogen and oxygen atoms in total. The Balaban J connectivity index is 2.01. The number of fused-ring (bicyclic) bond motifs is 1. The van der Waals surface area contributed by atoms with Crippen molar-refractivity contribution in [2.24, 2.45) is 0 Å². The van der Waals surface area contributed by atoms with Crippen LogP contribution in [-0.2, 0) is 14.3 Å². The van der Waals surface area contributed by atoms with Gasteiger partial charge in [0.1, 0.15) is 24.4 Å². The van der Waals surface area contributed by atoms with Gasteiger partial charge in [0.15, 0.2) is 11.4 Å². The summed E-state index contributed by atoms with van der Waals surface area (Å²) in [6.07, 6.45) is -5.34. The third-order valence-electron chi connectivity index (χ3n) is 4.53. The van der Waals surface area contributed by atoms with Crippen LogP contribution >= 0.6 is 0 Å². The smallest absolute Gasteiger partial charge is 0.358 e. The number of benzene rings is 1. The molecule has 3 rings (SSSR count). The van der Waals surface area contributed by atoms with Gasteiger partial charge in [-0.05, 0) is 12.1 Å². The second-order valence-corrected chi connectivity index (χ2v) is 6.42. The van der Waals surface area contributed by atoms with Gasteiger partial charge in [-0.2, -0.15) is 0 Å². The van der Waals surface area contributed by atoms with Gasteiger partial charge in [0.2, 0.25) is 12.2 Å². The first-order valence-corrected chi connectivity index (χ1v) is 8.62. The Morgan fingerprint density at radius 2 is 1.96 bits per heavy atom. The lowest BCUT2D eigenvalue weighted by molar-refractivity contribution is -0.244. The molecule has 0 aliphatic carbocycles. The summed E-state index contributed by atoms with van der Waals surface area (Å²) < 4.78 is 16.2. The van der Waals surface area contributed by atoms with Gasteiger partial charge in [-0.25, -0.2) is 4.79 Å². The van der Waals surface area contributed by atoms with Crippen LogP contribution in [0.4, 0.5) is 0 Å². The summed E-state index contributed by atoms with van der Waals surface area (Å²) in [5.41, 5.74) is 0.624. The van der Waals surface area contributed by atoms with Gasteiger partial charge in [0.25, 0.3) is 0 Å². The maximum atomic E-state index is 12.2. The number of H-pyrrole nitrogens is 1. The van der Waals surface area contributed by atoms with Crippen LogP contribution in [0.15, 0.2) is 24.3 Å². The van der Waals surface area contributed by atoms with Crippen molar-refractivity contribution in [2.75, 3.05) is 13.7 Å². The van der Waals surface area contributed by atoms with E-state index >= 15 is 0 Å². The zero-order chi connectivity index (χ0) is 20.4. The van der Waals surface area contributed by atoms with Crippen LogP contribution in [0.5, 0.6) is 5.75 Å². The number of hydrogen-bond acceptors (Lipinski definition) is 8. The molecule has 1 aliphatic heterocycles. The molecule has 5 atom stereocenters. The molecule has 1 fully saturated rings. The molecule has 3 unspecified atom stereocenters. The van der Waals surface area contributed by atoms with Crippen LogP contribution in [0, 0.1) is 0 Å². The van der Waals surface area contributed by atoms with E-state index in [9.17, 15) is 24.9 Å². The van der Waals surface area contributed by atoms with E-state index in [4.69, 9.17) is 14.2 Å². The van der Waals surface area contributed by atoms with E-state index in [0.29, 0.717) is 10.9 Å². The minimum atomic E-state index is -1.47. The average Bonchev–Trinajstić information content (AvgIpc) is 3.05. The SMILES string of the molecule is COC(=O)c1[nH]c2ccccc2c1OC1OC(CO)[C@@H](O)C(O)[C@H]1NC(C)=O. The number of amides is 1. The highest BCUT2D eigenvalue weighted by molar-refractivity contribution is 6.00. The van der Waals surface area contributed by atoms with E-state index < -0.39 is 49.1 Å². The lowest BCUT2D eigenvalue weighted by Crippen LogP contribution is -2.65. The van der Waals surface area contributed by atoms with Crippen LogP contribution in [0.2, 0.25) is 0 Å². The van der Waals surface area contributed by atoms with E-state index in [2.05, 4.69) is 10.3 Å². The highest BCUT2D eigenvalue weighted by Gasteiger charge is 2.46. The van der Waals surface area contributed by atoms with Crippen molar-refractivity contribution >= 4 is 22.8 Å². The molecule has 2 aromatic rings. The predicted molar refractivity (Wildman–Crippen MR) is 95.6 cm³/mol. The second-order valence-electron chi connectivity index (χ2n) is 6.42. The van der Waals surface area contributed by atoms with Crippen molar-refractivity contribution in [1.82, 2.24) is 10.3 Å². The summed E-state index contributed by atoms with van der Waals surface area (Å²) in [5, 5.41) is 32.9. The Labute approximate surface area is 160 Å². The molecule has 1 saturated heterocycles. The fourth-order valence-corrected chi connectivity index (χ4v) is 3.17. The minimum absolute atomic E-state index is 0.0232. The number of aromatic nitrogens is 1. The third-order valence-corrected chi connectivity index (χ3v) is 4.53. The topological polar surface area (TPSA) is 150 Å². The monoisotopic (exact) mass is 394 g/mol. The molecule has 1 aliphatic rings. The number of carbonyl (C=O) groups excluding carboxylic acids is 2. The molecule has 0 saturated carbocycles. The summed E-state index contributed by atoms with van der Waals surface area (Å²) in [5.74, 6) is -1.07. The van der Waals surface area contributed by atoms with Crippen LogP contribution in [0.25, 0.3) is 10.9 Å². The van der Waals surface area contributed by atoms with E-state index in [1.807, 2.05) is 0 Å². The lowest BCUT2D eigenvalue weighted by Gasteiger charge is -2.42. The van der Waals surface area contributed by atoms with Gasteiger partial charge in [0, 0.05) is 17.8 Å². The Kier molecular flexibility index (Phi) is 5.84. The highest BCUT2D eigenvalue weighted by Crippen LogP contribution is 2.33. The van der Waals surface area contributed by atoms with Crippen molar-refractivity contribution in [1.29, 1.82) is 0 Å². The Bertz CT molecular complexity index is 866. The maximum absolute atomic E-state index is 12.2. The van der Waals surface area contributed by atoms with E-state index in [-0.39, 0.29) is 11.4 Å². The van der Waals surface area contributed by atoms with Gasteiger partial charge in [-0.1, -0.05) is 12.1 Å². The van der Waals surface area contributed by atoms with Crippen LogP contribution in [0.1, 0.15) is 17.4 Å². The summed E-state index contributed by atoms with van der Waals surface area (Å²) >= 11 is 0. The van der Waals surface area contributed by atoms with Crippen molar-refractivity contribution in [3.05, 3.63) is 30.0 Å². The fraction of sp³-hybridized carbons (Fsp3) is 0.444. The van der Waals surface area contributed by atoms with E-state index in [0.717, 1.165) is 0 Å². The van der Waals surface area contributed by atoms with Crippen molar-refractivity contribution in [2.45, 2.75) is 37.6 Å². The molecule has 0 bridgehead atoms. The van der Waals surface area contributed by atoms with Crippen LogP contribution in [-0.4, -0.2) is 76.5 Å². The van der Waals surface area contributed by atoms with Crippen LogP contribution < -0.4 is 10.1 Å². The van der Waals surface area contributed by atoms with Crippen LogP contribution in [0.3, 0.4) is 0 Å². The van der Waals surface area contributed by atoms with E-state index in [1.54, 1.807) is 24.3 Å². The number of carbonyl (C=O) groups is 2. The minimum Gasteiger partial charge on any atom is -0.464 e. The molecular weight excluding hydrogens is 372 g/mol. The third kappa shape index (κ3) is 3.67. The van der Waals surface area contributed by atoms with Crippen molar-refractivity contribution < 1.29 is 39.1 Å². The number of rotatable bonds is 5. The first-order chi connectivity index (χ1) is 13.4. The van der Waals surface area contributed by atoms with Gasteiger partial charge in [-0.15, -0.1) is 0 Å². The number of ether oxygens (including phenoxy) is 3. The molecule has 152 valence electrons. The summed E-state index contributed by atoms with van der Waals surface area (Å²) in [7, 11) is 1.22. The fourth-order valence-electron chi connectivity index (χ4n) is 3.17. The number of nitrogens with one attached hydrogen (secondary N) is 2. The molecule has 1 aromatic heterocycles. The Morgan fingerprint density at radius 3 is 2.61 bits per heavy atom. The largest absolute Gasteiger partial charge is 0.464 e. The molecule has 1 amide bonds. The second kappa shape index (κ2) is 8.15.